The maximum Gasteiger partial charge on any atom is 0.224 e. The summed E-state index contributed by atoms with van der Waals surface area (Å²) in [7, 11) is 2.15. The molecule has 0 aromatic heterocycles. The lowest BCUT2D eigenvalue weighted by Crippen LogP contribution is -2.64. The van der Waals surface area contributed by atoms with E-state index < -0.39 is 5.41 Å². The Hall–Kier alpha value is -1.72. The lowest BCUT2D eigenvalue weighted by Gasteiger charge is -2.53. The summed E-state index contributed by atoms with van der Waals surface area (Å²) in [6.07, 6.45) is 1.55. The zero-order chi connectivity index (χ0) is 18.9. The summed E-state index contributed by atoms with van der Waals surface area (Å²) in [5.41, 5.74) is 1.40. The average molecular weight is 368 g/mol. The summed E-state index contributed by atoms with van der Waals surface area (Å²) < 4.78 is 6.23. The first-order valence-electron chi connectivity index (χ1n) is 10.2. The second kappa shape index (κ2) is 5.89. The van der Waals surface area contributed by atoms with Crippen LogP contribution in [-0.2, 0) is 19.7 Å². The SMILES string of the molecule is CC(=O)N1c2ccccc2C23CCN(C)C[C@@H]4[C@H](CC2=O)[C@@H](CO[C@@H]4C)[C@H]13. The van der Waals surface area contributed by atoms with Gasteiger partial charge in [-0.2, -0.15) is 0 Å². The van der Waals surface area contributed by atoms with E-state index >= 15 is 0 Å². The maximum absolute atomic E-state index is 13.8. The van der Waals surface area contributed by atoms with Crippen LogP contribution >= 0.6 is 0 Å². The van der Waals surface area contributed by atoms with Gasteiger partial charge in [-0.05, 0) is 44.5 Å². The van der Waals surface area contributed by atoms with Gasteiger partial charge >= 0.3 is 0 Å². The zero-order valence-electron chi connectivity index (χ0n) is 16.4. The van der Waals surface area contributed by atoms with Crippen molar-refractivity contribution in [2.24, 2.45) is 17.8 Å². The van der Waals surface area contributed by atoms with E-state index in [9.17, 15) is 9.59 Å². The maximum atomic E-state index is 13.8. The molecule has 1 aromatic rings. The number of para-hydroxylation sites is 1. The van der Waals surface area contributed by atoms with E-state index in [0.717, 1.165) is 30.8 Å². The van der Waals surface area contributed by atoms with Crippen LogP contribution < -0.4 is 4.90 Å². The summed E-state index contributed by atoms with van der Waals surface area (Å²) in [5, 5.41) is 0. The Bertz CT molecular complexity index is 809. The molecule has 5 rings (SSSR count). The highest BCUT2D eigenvalue weighted by molar-refractivity contribution is 6.04. The third kappa shape index (κ3) is 2.18. The fourth-order valence-electron chi connectivity index (χ4n) is 6.55. The minimum absolute atomic E-state index is 0.0329. The van der Waals surface area contributed by atoms with Crippen LogP contribution in [0.4, 0.5) is 5.69 Å². The van der Waals surface area contributed by atoms with E-state index in [2.05, 4.69) is 24.9 Å². The van der Waals surface area contributed by atoms with Crippen LogP contribution in [-0.4, -0.2) is 55.5 Å². The fraction of sp³-hybridized carbons (Fsp3) is 0.636. The van der Waals surface area contributed by atoms with Gasteiger partial charge in [-0.3, -0.25) is 9.59 Å². The van der Waals surface area contributed by atoms with Crippen molar-refractivity contribution in [1.82, 2.24) is 4.90 Å². The fourth-order valence-corrected chi connectivity index (χ4v) is 6.55. The van der Waals surface area contributed by atoms with Crippen molar-refractivity contribution in [2.45, 2.75) is 44.2 Å². The highest BCUT2D eigenvalue weighted by Gasteiger charge is 2.65. The van der Waals surface area contributed by atoms with Crippen LogP contribution in [0.1, 0.15) is 32.3 Å². The number of Topliss-reactive ketones (excluding diaryl/α,β-unsaturated/α-hetero) is 1. The van der Waals surface area contributed by atoms with Crippen molar-refractivity contribution < 1.29 is 14.3 Å². The van der Waals surface area contributed by atoms with Gasteiger partial charge in [0.05, 0.1) is 24.2 Å². The molecule has 3 heterocycles. The minimum Gasteiger partial charge on any atom is -0.378 e. The van der Waals surface area contributed by atoms with Crippen molar-refractivity contribution in [3.05, 3.63) is 29.8 Å². The van der Waals surface area contributed by atoms with Crippen molar-refractivity contribution >= 4 is 17.4 Å². The molecule has 1 spiro atoms. The van der Waals surface area contributed by atoms with Gasteiger partial charge in [-0.25, -0.2) is 0 Å². The van der Waals surface area contributed by atoms with Gasteiger partial charge in [-0.15, -0.1) is 0 Å². The van der Waals surface area contributed by atoms with E-state index in [-0.39, 0.29) is 29.9 Å². The summed E-state index contributed by atoms with van der Waals surface area (Å²) in [5.74, 6) is 1.21. The van der Waals surface area contributed by atoms with Crippen LogP contribution in [0.2, 0.25) is 0 Å². The summed E-state index contributed by atoms with van der Waals surface area (Å²) >= 11 is 0. The first kappa shape index (κ1) is 17.4. The molecule has 1 saturated carbocycles. The Balaban J connectivity index is 1.75. The van der Waals surface area contributed by atoms with Crippen molar-refractivity contribution in [3.8, 4) is 0 Å². The molecular formula is C22H28N2O3. The highest BCUT2D eigenvalue weighted by atomic mass is 16.5. The average Bonchev–Trinajstić information content (AvgIpc) is 2.97. The van der Waals surface area contributed by atoms with E-state index in [0.29, 0.717) is 24.7 Å². The molecule has 1 aliphatic carbocycles. The van der Waals surface area contributed by atoms with Crippen LogP contribution in [0.25, 0.3) is 0 Å². The molecule has 1 amide bonds. The molecule has 3 fully saturated rings. The summed E-state index contributed by atoms with van der Waals surface area (Å²) in [4.78, 5) is 30.8. The largest absolute Gasteiger partial charge is 0.378 e. The monoisotopic (exact) mass is 368 g/mol. The van der Waals surface area contributed by atoms with Crippen LogP contribution in [0.5, 0.6) is 0 Å². The van der Waals surface area contributed by atoms with E-state index in [4.69, 9.17) is 4.74 Å². The minimum atomic E-state index is -0.587. The second-order valence-corrected chi connectivity index (χ2v) is 8.99. The number of carbonyl (C=O) groups excluding carboxylic acids is 2. The molecule has 1 aromatic carbocycles. The van der Waals surface area contributed by atoms with E-state index in [1.165, 1.54) is 0 Å². The van der Waals surface area contributed by atoms with Crippen LogP contribution in [0, 0.1) is 17.8 Å². The van der Waals surface area contributed by atoms with Gasteiger partial charge in [0.25, 0.3) is 0 Å². The molecule has 5 heteroatoms. The van der Waals surface area contributed by atoms with Crippen LogP contribution in [0.15, 0.2) is 24.3 Å². The van der Waals surface area contributed by atoms with Gasteiger partial charge < -0.3 is 14.5 Å². The zero-order valence-corrected chi connectivity index (χ0v) is 16.4. The lowest BCUT2D eigenvalue weighted by molar-refractivity contribution is -0.146. The van der Waals surface area contributed by atoms with E-state index in [1.54, 1.807) is 6.92 Å². The number of amides is 1. The Morgan fingerprint density at radius 1 is 1.22 bits per heavy atom. The third-order valence-corrected chi connectivity index (χ3v) is 7.76. The van der Waals surface area contributed by atoms with E-state index in [1.807, 2.05) is 23.1 Å². The molecule has 27 heavy (non-hydrogen) atoms. The Morgan fingerprint density at radius 3 is 2.78 bits per heavy atom. The number of ether oxygens (including phenoxy) is 1. The van der Waals surface area contributed by atoms with Crippen molar-refractivity contribution in [2.75, 3.05) is 31.6 Å². The topological polar surface area (TPSA) is 49.9 Å². The lowest BCUT2D eigenvalue weighted by atomic mass is 9.55. The highest BCUT2D eigenvalue weighted by Crippen LogP contribution is 2.58. The first-order chi connectivity index (χ1) is 12.9. The molecule has 3 aliphatic heterocycles. The standard InChI is InChI=1S/C22H28N2O3/c1-13-16-11-23(3)9-8-22-18-6-4-5-7-19(18)24(14(2)25)21(22)17(12-27-13)15(16)10-20(22)26/h4-7,13,15-17,21H,8-12H2,1-3H3/t13-,15+,16+,17-,21+,22?/m1/s1. The molecule has 4 aliphatic rings. The number of anilines is 1. The molecule has 0 radical (unpaired) electrons. The van der Waals surface area contributed by atoms with Crippen molar-refractivity contribution in [1.29, 1.82) is 0 Å². The van der Waals surface area contributed by atoms with Gasteiger partial charge in [0.15, 0.2) is 0 Å². The predicted octanol–water partition coefficient (Wildman–Crippen LogP) is 2.24. The quantitative estimate of drug-likeness (QED) is 0.705. The summed E-state index contributed by atoms with van der Waals surface area (Å²) in [6, 6.07) is 7.96. The first-order valence-corrected chi connectivity index (χ1v) is 10.2. The molecule has 6 atom stereocenters. The molecule has 5 nitrogen and oxygen atoms in total. The van der Waals surface area contributed by atoms with Gasteiger partial charge in [-0.1, -0.05) is 18.2 Å². The number of hydrogen-bond acceptors (Lipinski definition) is 4. The smallest absolute Gasteiger partial charge is 0.224 e. The molecule has 0 N–H and O–H groups in total. The number of benzene rings is 1. The molecule has 144 valence electrons. The predicted molar refractivity (Wildman–Crippen MR) is 103 cm³/mol. The molecule has 2 bridgehead atoms. The third-order valence-electron chi connectivity index (χ3n) is 7.76. The molecular weight excluding hydrogens is 340 g/mol. The van der Waals surface area contributed by atoms with Crippen molar-refractivity contribution in [3.63, 3.8) is 0 Å². The molecule has 1 unspecified atom stereocenters. The number of hydrogen-bond donors (Lipinski definition) is 0. The Labute approximate surface area is 160 Å². The van der Waals surface area contributed by atoms with Gasteiger partial charge in [0.2, 0.25) is 5.91 Å². The Morgan fingerprint density at radius 2 is 2.00 bits per heavy atom. The Kier molecular flexibility index (Phi) is 3.79. The number of ketones is 1. The number of fused-ring (bicyclic) bond motifs is 3. The number of carbonyl (C=O) groups is 2. The summed E-state index contributed by atoms with van der Waals surface area (Å²) in [6.45, 7) is 6.25. The normalized spacial score (nSPS) is 40.8. The van der Waals surface area contributed by atoms with Crippen LogP contribution in [0.3, 0.4) is 0 Å². The van der Waals surface area contributed by atoms with Gasteiger partial charge in [0.1, 0.15) is 5.78 Å². The van der Waals surface area contributed by atoms with Gasteiger partial charge in [0, 0.05) is 37.4 Å². The number of rotatable bonds is 0. The second-order valence-electron chi connectivity index (χ2n) is 8.99. The molecule has 2 saturated heterocycles. The number of nitrogens with zero attached hydrogens (tertiary/aromatic N) is 2.